The molecule has 2 atom stereocenters. The highest BCUT2D eigenvalue weighted by atomic mass is 16.2. The first-order valence-corrected chi connectivity index (χ1v) is 11.7. The summed E-state index contributed by atoms with van der Waals surface area (Å²) in [7, 11) is 0. The highest BCUT2D eigenvalue weighted by Gasteiger charge is 2.48. The molecule has 1 aromatic heterocycles. The predicted octanol–water partition coefficient (Wildman–Crippen LogP) is 4.72. The van der Waals surface area contributed by atoms with Gasteiger partial charge in [-0.05, 0) is 43.4 Å². The molecule has 1 fully saturated rings. The summed E-state index contributed by atoms with van der Waals surface area (Å²) in [5.41, 5.74) is 1.89. The lowest BCUT2D eigenvalue weighted by Crippen LogP contribution is -2.65. The maximum atomic E-state index is 13.8. The van der Waals surface area contributed by atoms with Crippen LogP contribution < -0.4 is 5.32 Å². The van der Waals surface area contributed by atoms with E-state index in [1.165, 1.54) is 5.56 Å². The Hall–Kier alpha value is -3.08. The van der Waals surface area contributed by atoms with Gasteiger partial charge < -0.3 is 14.8 Å². The van der Waals surface area contributed by atoms with Crippen molar-refractivity contribution >= 4 is 22.7 Å². The van der Waals surface area contributed by atoms with Crippen LogP contribution in [0.1, 0.15) is 61.5 Å². The first-order chi connectivity index (χ1) is 15.5. The van der Waals surface area contributed by atoms with E-state index in [1.807, 2.05) is 64.9 Å². The Morgan fingerprint density at radius 2 is 1.78 bits per heavy atom. The van der Waals surface area contributed by atoms with E-state index < -0.39 is 5.54 Å². The number of carbonyl (C=O) groups excluding carboxylic acids is 2. The first kappa shape index (κ1) is 20.8. The van der Waals surface area contributed by atoms with Crippen molar-refractivity contribution in [2.24, 2.45) is 0 Å². The lowest BCUT2D eigenvalue weighted by molar-refractivity contribution is -0.133. The molecule has 1 N–H and O–H groups in total. The van der Waals surface area contributed by atoms with Crippen LogP contribution in [0.25, 0.3) is 10.9 Å². The molecule has 5 nitrogen and oxygen atoms in total. The maximum Gasteiger partial charge on any atom is 0.271 e. The average molecular weight is 430 g/mol. The van der Waals surface area contributed by atoms with Crippen molar-refractivity contribution in [3.8, 4) is 0 Å². The van der Waals surface area contributed by atoms with Gasteiger partial charge in [0.15, 0.2) is 0 Å². The molecule has 5 rings (SSSR count). The third kappa shape index (κ3) is 3.50. The van der Waals surface area contributed by atoms with Gasteiger partial charge in [0, 0.05) is 23.5 Å². The van der Waals surface area contributed by atoms with E-state index >= 15 is 0 Å². The van der Waals surface area contributed by atoms with E-state index in [1.54, 1.807) is 0 Å². The largest absolute Gasteiger partial charge is 0.351 e. The van der Waals surface area contributed by atoms with Crippen LogP contribution in [-0.2, 0) is 11.3 Å². The molecule has 2 aromatic carbocycles. The molecule has 5 heteroatoms. The number of nitrogens with zero attached hydrogens (tertiary/aromatic N) is 2. The molecular weight excluding hydrogens is 398 g/mol. The summed E-state index contributed by atoms with van der Waals surface area (Å²) in [5, 5.41) is 4.31. The van der Waals surface area contributed by atoms with Gasteiger partial charge in [0.2, 0.25) is 5.91 Å². The number of rotatable bonds is 5. The van der Waals surface area contributed by atoms with Crippen molar-refractivity contribution in [3.63, 3.8) is 0 Å². The van der Waals surface area contributed by atoms with Gasteiger partial charge in [0.25, 0.3) is 5.91 Å². The van der Waals surface area contributed by atoms with Gasteiger partial charge in [-0.15, -0.1) is 0 Å². The summed E-state index contributed by atoms with van der Waals surface area (Å²) < 4.78 is 2.04. The topological polar surface area (TPSA) is 54.3 Å². The normalized spacial score (nSPS) is 22.2. The molecule has 1 aliphatic heterocycles. The minimum Gasteiger partial charge on any atom is -0.351 e. The van der Waals surface area contributed by atoms with E-state index in [-0.39, 0.29) is 23.8 Å². The number of nitrogens with one attached hydrogen (secondary N) is 1. The smallest absolute Gasteiger partial charge is 0.271 e. The fourth-order valence-electron chi connectivity index (χ4n) is 5.36. The quantitative estimate of drug-likeness (QED) is 0.638. The third-order valence-corrected chi connectivity index (χ3v) is 7.34. The van der Waals surface area contributed by atoms with Crippen LogP contribution >= 0.6 is 0 Å². The van der Waals surface area contributed by atoms with Crippen molar-refractivity contribution < 1.29 is 9.59 Å². The molecule has 0 unspecified atom stereocenters. The van der Waals surface area contributed by atoms with E-state index in [9.17, 15) is 9.59 Å². The number of hydrogen-bond donors (Lipinski definition) is 1. The second-order valence-electron chi connectivity index (χ2n) is 9.63. The van der Waals surface area contributed by atoms with E-state index in [4.69, 9.17) is 0 Å². The molecule has 0 spiro atoms. The van der Waals surface area contributed by atoms with Crippen molar-refractivity contribution in [2.45, 2.75) is 63.6 Å². The summed E-state index contributed by atoms with van der Waals surface area (Å²) in [5.74, 6) is 0.00966. The van der Waals surface area contributed by atoms with Crippen molar-refractivity contribution in [3.05, 3.63) is 71.9 Å². The molecule has 1 aliphatic carbocycles. The zero-order valence-electron chi connectivity index (χ0n) is 18.9. The predicted molar refractivity (Wildman–Crippen MR) is 127 cm³/mol. The van der Waals surface area contributed by atoms with Crippen LogP contribution in [0.3, 0.4) is 0 Å². The van der Waals surface area contributed by atoms with Gasteiger partial charge in [-0.2, -0.15) is 0 Å². The van der Waals surface area contributed by atoms with Gasteiger partial charge in [-0.25, -0.2) is 0 Å². The van der Waals surface area contributed by atoms with Crippen molar-refractivity contribution in [1.82, 2.24) is 14.8 Å². The summed E-state index contributed by atoms with van der Waals surface area (Å²) in [6.07, 6.45) is 4.35. The average Bonchev–Trinajstić information content (AvgIpc) is 3.45. The lowest BCUT2D eigenvalue weighted by Gasteiger charge is -2.45. The lowest BCUT2D eigenvalue weighted by atomic mass is 9.91. The summed E-state index contributed by atoms with van der Waals surface area (Å²) in [6.45, 7) is 5.02. The Bertz CT molecular complexity index is 1150. The van der Waals surface area contributed by atoms with Crippen LogP contribution in [0, 0.1) is 0 Å². The second-order valence-corrected chi connectivity index (χ2v) is 9.63. The summed E-state index contributed by atoms with van der Waals surface area (Å²) in [4.78, 5) is 29.4. The minimum absolute atomic E-state index is 0.0403. The second kappa shape index (κ2) is 8.12. The number of amides is 2. The molecule has 1 saturated carbocycles. The number of hydrogen-bond acceptors (Lipinski definition) is 2. The Labute approximate surface area is 189 Å². The Morgan fingerprint density at radius 3 is 2.53 bits per heavy atom. The Balaban J connectivity index is 1.54. The SMILES string of the molecule is C[C@H](CN1C(=O)c2cc3ccccc3n2C[C@@]1(C)C(=O)NC1CCCC1)c1ccccc1. The standard InChI is InChI=1S/C27H31N3O2/c1-19(20-10-4-3-5-11-20)17-30-25(31)24-16-21-12-6-9-15-23(21)29(24)18-27(30,2)26(32)28-22-13-7-8-14-22/h3-6,9-12,15-16,19,22H,7-8,13-14,17-18H2,1-2H3,(H,28,32)/t19-,27+/m1/s1. The van der Waals surface area contributed by atoms with Crippen molar-refractivity contribution in [1.29, 1.82) is 0 Å². The zero-order chi connectivity index (χ0) is 22.3. The van der Waals surface area contributed by atoms with Gasteiger partial charge in [0.1, 0.15) is 11.2 Å². The highest BCUT2D eigenvalue weighted by molar-refractivity contribution is 6.03. The van der Waals surface area contributed by atoms with Crippen LogP contribution in [0.4, 0.5) is 0 Å². The molecule has 166 valence electrons. The third-order valence-electron chi connectivity index (χ3n) is 7.34. The van der Waals surface area contributed by atoms with Gasteiger partial charge >= 0.3 is 0 Å². The highest BCUT2D eigenvalue weighted by Crippen LogP contribution is 2.34. The number of para-hydroxylation sites is 1. The minimum atomic E-state index is -0.947. The molecule has 2 aliphatic rings. The van der Waals surface area contributed by atoms with E-state index in [2.05, 4.69) is 24.4 Å². The monoisotopic (exact) mass is 429 g/mol. The molecule has 0 saturated heterocycles. The molecule has 2 heterocycles. The van der Waals surface area contributed by atoms with Gasteiger partial charge in [-0.1, -0.05) is 68.3 Å². The number of fused-ring (bicyclic) bond motifs is 3. The summed E-state index contributed by atoms with van der Waals surface area (Å²) in [6, 6.07) is 20.4. The first-order valence-electron chi connectivity index (χ1n) is 11.7. The number of carbonyl (C=O) groups is 2. The van der Waals surface area contributed by atoms with Crippen molar-refractivity contribution in [2.75, 3.05) is 6.54 Å². The fourth-order valence-corrected chi connectivity index (χ4v) is 5.36. The summed E-state index contributed by atoms with van der Waals surface area (Å²) >= 11 is 0. The molecule has 3 aromatic rings. The number of benzene rings is 2. The van der Waals surface area contributed by atoms with Gasteiger partial charge in [0.05, 0.1) is 6.54 Å². The fraction of sp³-hybridized carbons (Fsp3) is 0.407. The Kier molecular flexibility index (Phi) is 5.28. The van der Waals surface area contributed by atoms with Crippen LogP contribution in [0.15, 0.2) is 60.7 Å². The number of aromatic nitrogens is 1. The molecule has 0 radical (unpaired) electrons. The van der Waals surface area contributed by atoms with Gasteiger partial charge in [-0.3, -0.25) is 9.59 Å². The molecule has 32 heavy (non-hydrogen) atoms. The van der Waals surface area contributed by atoms with Crippen LogP contribution in [0.2, 0.25) is 0 Å². The zero-order valence-corrected chi connectivity index (χ0v) is 18.9. The van der Waals surface area contributed by atoms with E-state index in [0.29, 0.717) is 18.8 Å². The maximum absolute atomic E-state index is 13.8. The van der Waals surface area contributed by atoms with Crippen LogP contribution in [-0.4, -0.2) is 39.4 Å². The molecule has 2 amide bonds. The van der Waals surface area contributed by atoms with E-state index in [0.717, 1.165) is 36.6 Å². The molecular formula is C27H31N3O2. The Morgan fingerprint density at radius 1 is 1.09 bits per heavy atom. The van der Waals surface area contributed by atoms with Crippen LogP contribution in [0.5, 0.6) is 0 Å². The molecule has 0 bridgehead atoms.